The van der Waals surface area contributed by atoms with E-state index in [2.05, 4.69) is 70.1 Å². The second-order valence-corrected chi connectivity index (χ2v) is 9.53. The molecule has 0 unspecified atom stereocenters. The number of rotatable bonds is 2. The van der Waals surface area contributed by atoms with E-state index in [1.807, 2.05) is 42.5 Å². The van der Waals surface area contributed by atoms with Crippen LogP contribution >= 0.6 is 0 Å². The van der Waals surface area contributed by atoms with Gasteiger partial charge in [-0.05, 0) is 29.8 Å². The molecule has 4 aromatic rings. The average molecular weight is 509 g/mol. The molecule has 1 aliphatic rings. The third-order valence-corrected chi connectivity index (χ3v) is 6.65. The Morgan fingerprint density at radius 2 is 1.13 bits per heavy atom. The molecule has 2 bridgehead atoms. The van der Waals surface area contributed by atoms with Crippen LogP contribution < -0.4 is 20.1 Å². The number of aromatic nitrogens is 1. The number of hydrogen-bond donors (Lipinski definition) is 2. The summed E-state index contributed by atoms with van der Waals surface area (Å²) >= 11 is 0. The zero-order chi connectivity index (χ0) is 25.8. The number of nitrogens with zero attached hydrogens (tertiary/aromatic N) is 2. The topological polar surface area (TPSA) is 58.7 Å². The summed E-state index contributed by atoms with van der Waals surface area (Å²) in [6.07, 6.45) is 0. The summed E-state index contributed by atoms with van der Waals surface area (Å²) in [5.74, 6) is 1.77. The first kappa shape index (κ1) is 25.9. The fourth-order valence-electron chi connectivity index (χ4n) is 4.61. The minimum absolute atomic E-state index is 0.413. The van der Waals surface area contributed by atoms with Crippen molar-refractivity contribution in [1.29, 1.82) is 0 Å². The van der Waals surface area contributed by atoms with E-state index in [0.717, 1.165) is 79.8 Å². The van der Waals surface area contributed by atoms with Crippen molar-refractivity contribution >= 4 is 0 Å². The molecule has 0 aliphatic carbocycles. The van der Waals surface area contributed by atoms with E-state index in [1.54, 1.807) is 0 Å². The normalized spacial score (nSPS) is 15.8. The summed E-state index contributed by atoms with van der Waals surface area (Å²) in [4.78, 5) is 7.26. The van der Waals surface area contributed by atoms with Crippen molar-refractivity contribution < 1.29 is 9.47 Å². The first-order valence-corrected chi connectivity index (χ1v) is 13.4. The van der Waals surface area contributed by atoms with E-state index in [1.165, 1.54) is 5.56 Å². The number of ether oxygens (including phenoxy) is 2. The van der Waals surface area contributed by atoms with Crippen LogP contribution in [0, 0.1) is 0 Å². The van der Waals surface area contributed by atoms with Gasteiger partial charge in [-0.3, -0.25) is 9.88 Å². The predicted octanol–water partition coefficient (Wildman–Crippen LogP) is 4.93. The third-order valence-electron chi connectivity index (χ3n) is 6.65. The van der Waals surface area contributed by atoms with Crippen molar-refractivity contribution in [2.24, 2.45) is 0 Å². The highest BCUT2D eigenvalue weighted by molar-refractivity contribution is 5.34. The lowest BCUT2D eigenvalue weighted by atomic mass is 10.2. The van der Waals surface area contributed by atoms with Gasteiger partial charge in [0, 0.05) is 56.9 Å². The standard InChI is InChI=1S/C32H36N4O2/c1-2-9-26(10-3-1)23-36-19-17-33-21-27-11-4-6-15-31(27)37-24-29-13-8-14-30(35-29)25-38-32-16-7-5-12-28(32)22-34-18-20-36/h1-16,33-34H,17-25H2. The molecule has 196 valence electrons. The molecule has 1 aromatic heterocycles. The van der Waals surface area contributed by atoms with Crippen LogP contribution in [-0.4, -0.2) is 36.1 Å². The van der Waals surface area contributed by atoms with Crippen molar-refractivity contribution in [2.45, 2.75) is 32.8 Å². The van der Waals surface area contributed by atoms with Gasteiger partial charge in [-0.25, -0.2) is 0 Å². The highest BCUT2D eigenvalue weighted by Gasteiger charge is 2.10. The maximum atomic E-state index is 6.20. The molecule has 3 aromatic carbocycles. The van der Waals surface area contributed by atoms with Gasteiger partial charge in [-0.15, -0.1) is 0 Å². The van der Waals surface area contributed by atoms with E-state index in [4.69, 9.17) is 14.5 Å². The molecule has 0 saturated heterocycles. The van der Waals surface area contributed by atoms with Crippen molar-refractivity contribution in [1.82, 2.24) is 20.5 Å². The lowest BCUT2D eigenvalue weighted by Gasteiger charge is -2.23. The lowest BCUT2D eigenvalue weighted by molar-refractivity contribution is 0.262. The molecule has 6 nitrogen and oxygen atoms in total. The molecular weight excluding hydrogens is 472 g/mol. The largest absolute Gasteiger partial charge is 0.487 e. The summed E-state index contributed by atoms with van der Waals surface area (Å²) in [6, 6.07) is 33.1. The number of benzene rings is 3. The van der Waals surface area contributed by atoms with Crippen molar-refractivity contribution in [3.63, 3.8) is 0 Å². The van der Waals surface area contributed by atoms with Crippen molar-refractivity contribution in [3.8, 4) is 11.5 Å². The van der Waals surface area contributed by atoms with Crippen molar-refractivity contribution in [3.05, 3.63) is 125 Å². The fourth-order valence-corrected chi connectivity index (χ4v) is 4.61. The zero-order valence-corrected chi connectivity index (χ0v) is 21.8. The van der Waals surface area contributed by atoms with E-state index in [-0.39, 0.29) is 0 Å². The van der Waals surface area contributed by atoms with E-state index >= 15 is 0 Å². The minimum atomic E-state index is 0.413. The van der Waals surface area contributed by atoms with Crippen LogP contribution in [0.5, 0.6) is 11.5 Å². The number of para-hydroxylation sites is 2. The van der Waals surface area contributed by atoms with Crippen LogP contribution in [0.3, 0.4) is 0 Å². The summed E-state index contributed by atoms with van der Waals surface area (Å²) in [5, 5.41) is 7.25. The first-order chi connectivity index (χ1) is 18.8. The lowest BCUT2D eigenvalue weighted by Crippen LogP contribution is -2.36. The monoisotopic (exact) mass is 508 g/mol. The second kappa shape index (κ2) is 13.7. The Morgan fingerprint density at radius 3 is 1.71 bits per heavy atom. The van der Waals surface area contributed by atoms with Gasteiger partial charge < -0.3 is 20.1 Å². The molecule has 0 amide bonds. The van der Waals surface area contributed by atoms with Gasteiger partial charge in [0.25, 0.3) is 0 Å². The number of nitrogens with one attached hydrogen (secondary N) is 2. The molecule has 5 rings (SSSR count). The molecule has 1 aliphatic heterocycles. The molecule has 0 atom stereocenters. The molecule has 0 fully saturated rings. The Labute approximate surface area is 225 Å². The molecule has 2 N–H and O–H groups in total. The molecule has 6 heteroatoms. The summed E-state index contributed by atoms with van der Waals surface area (Å²) in [6.45, 7) is 6.95. The summed E-state index contributed by atoms with van der Waals surface area (Å²) in [7, 11) is 0. The molecule has 38 heavy (non-hydrogen) atoms. The number of fused-ring (bicyclic) bond motifs is 4. The van der Waals surface area contributed by atoms with Gasteiger partial charge in [0.2, 0.25) is 0 Å². The van der Waals surface area contributed by atoms with Crippen LogP contribution in [0.4, 0.5) is 0 Å². The minimum Gasteiger partial charge on any atom is -0.487 e. The second-order valence-electron chi connectivity index (χ2n) is 9.53. The Kier molecular flexibility index (Phi) is 9.36. The first-order valence-electron chi connectivity index (χ1n) is 13.4. The molecule has 0 spiro atoms. The van der Waals surface area contributed by atoms with Gasteiger partial charge in [0.15, 0.2) is 0 Å². The van der Waals surface area contributed by atoms with Gasteiger partial charge in [0.1, 0.15) is 24.7 Å². The zero-order valence-electron chi connectivity index (χ0n) is 21.8. The van der Waals surface area contributed by atoms with Crippen LogP contribution in [0.1, 0.15) is 28.1 Å². The maximum absolute atomic E-state index is 6.20. The average Bonchev–Trinajstić information content (AvgIpc) is 2.96. The highest BCUT2D eigenvalue weighted by atomic mass is 16.5. The Bertz CT molecular complexity index is 1210. The highest BCUT2D eigenvalue weighted by Crippen LogP contribution is 2.21. The summed E-state index contributed by atoms with van der Waals surface area (Å²) < 4.78 is 12.4. The molecule has 2 heterocycles. The maximum Gasteiger partial charge on any atom is 0.130 e. The quantitative estimate of drug-likeness (QED) is 0.400. The fraction of sp³-hybridized carbons (Fsp3) is 0.281. The number of hydrogen-bond acceptors (Lipinski definition) is 6. The van der Waals surface area contributed by atoms with E-state index < -0.39 is 0 Å². The summed E-state index contributed by atoms with van der Waals surface area (Å²) in [5.41, 5.74) is 5.39. The van der Waals surface area contributed by atoms with Crippen LogP contribution in [0.15, 0.2) is 97.1 Å². The Morgan fingerprint density at radius 1 is 0.605 bits per heavy atom. The SMILES string of the molecule is c1ccc(CN2CCNCc3ccccc3OCc3cccc(n3)COc3ccccc3CNCC2)cc1. The number of pyridine rings is 1. The van der Waals surface area contributed by atoms with Gasteiger partial charge in [0.05, 0.1) is 11.4 Å². The van der Waals surface area contributed by atoms with Crippen molar-refractivity contribution in [2.75, 3.05) is 26.2 Å². The van der Waals surface area contributed by atoms with E-state index in [9.17, 15) is 0 Å². The van der Waals surface area contributed by atoms with Gasteiger partial charge in [-0.1, -0.05) is 72.8 Å². The Hall–Kier alpha value is -3.71. The third kappa shape index (κ3) is 7.65. The van der Waals surface area contributed by atoms with Crippen LogP contribution in [-0.2, 0) is 32.8 Å². The van der Waals surface area contributed by atoms with Gasteiger partial charge in [-0.2, -0.15) is 0 Å². The van der Waals surface area contributed by atoms with Crippen LogP contribution in [0.25, 0.3) is 0 Å². The molecule has 0 radical (unpaired) electrons. The molecular formula is C32H36N4O2. The molecule has 0 saturated carbocycles. The smallest absolute Gasteiger partial charge is 0.130 e. The Balaban J connectivity index is 1.32. The van der Waals surface area contributed by atoms with Gasteiger partial charge >= 0.3 is 0 Å². The van der Waals surface area contributed by atoms with Crippen LogP contribution in [0.2, 0.25) is 0 Å². The predicted molar refractivity (Wildman–Crippen MR) is 151 cm³/mol. The van der Waals surface area contributed by atoms with E-state index in [0.29, 0.717) is 13.2 Å².